The molecule has 2 N–H and O–H groups in total. The molecule has 11 heteroatoms. The third-order valence-corrected chi connectivity index (χ3v) is 8.72. The molecule has 1 aromatic heterocycles. The van der Waals surface area contributed by atoms with Crippen LogP contribution in [-0.2, 0) is 20.9 Å². The first-order valence-corrected chi connectivity index (χ1v) is 11.8. The molecule has 1 amide bonds. The molecule has 3 atom stereocenters. The van der Waals surface area contributed by atoms with Crippen molar-refractivity contribution >= 4 is 46.7 Å². The molecule has 0 radical (unpaired) electrons. The van der Waals surface area contributed by atoms with Crippen molar-refractivity contribution < 1.29 is 19.1 Å². The average molecular weight is 453 g/mol. The molecule has 0 saturated carbocycles. The fraction of sp³-hybridized carbons (Fsp3) is 0.444. The number of carbonyl (C=O) groups excluding carboxylic acids is 2. The van der Waals surface area contributed by atoms with E-state index in [-0.39, 0.29) is 23.9 Å². The highest BCUT2D eigenvalue weighted by molar-refractivity contribution is 8.01. The summed E-state index contributed by atoms with van der Waals surface area (Å²) in [5.41, 5.74) is 7.59. The molecule has 8 nitrogen and oxygen atoms in total. The van der Waals surface area contributed by atoms with Crippen LogP contribution in [0.2, 0.25) is 0 Å². The Kier molecular flexibility index (Phi) is 6.00. The van der Waals surface area contributed by atoms with Crippen molar-refractivity contribution in [2.75, 3.05) is 25.2 Å². The van der Waals surface area contributed by atoms with Gasteiger partial charge in [0.05, 0.1) is 7.11 Å². The highest BCUT2D eigenvalue weighted by atomic mass is 32.2. The first kappa shape index (κ1) is 20.5. The van der Waals surface area contributed by atoms with E-state index in [2.05, 4.69) is 10.2 Å². The average Bonchev–Trinajstić information content (AvgIpc) is 3.29. The SMILES string of the molecule is COc1ccc(COC(=O)C2(CSc3nncs3)CS[C@@H]3C(N)C(=O)N3C2)cc1. The lowest BCUT2D eigenvalue weighted by Crippen LogP contribution is -2.72. The number of β-lactam (4-membered cyclic amide) rings is 1. The van der Waals surface area contributed by atoms with Crippen LogP contribution in [-0.4, -0.2) is 63.5 Å². The Morgan fingerprint density at radius 1 is 1.41 bits per heavy atom. The van der Waals surface area contributed by atoms with Crippen LogP contribution in [0.15, 0.2) is 34.1 Å². The lowest BCUT2D eigenvalue weighted by atomic mass is 9.89. The first-order chi connectivity index (χ1) is 14.0. The molecule has 2 aromatic rings. The molecule has 2 fully saturated rings. The summed E-state index contributed by atoms with van der Waals surface area (Å²) in [6.07, 6.45) is 0. The van der Waals surface area contributed by atoms with Gasteiger partial charge in [0.25, 0.3) is 0 Å². The minimum absolute atomic E-state index is 0.0588. The van der Waals surface area contributed by atoms with E-state index in [9.17, 15) is 9.59 Å². The number of methoxy groups -OCH3 is 1. The lowest BCUT2D eigenvalue weighted by Gasteiger charge is -2.53. The summed E-state index contributed by atoms with van der Waals surface area (Å²) in [5.74, 6) is 1.32. The monoisotopic (exact) mass is 452 g/mol. The standard InChI is InChI=1S/C18H20N4O4S3/c1-25-12-4-2-11(3-5-12)6-26-16(24)18(9-28-17-21-20-10-29-17)7-22-14(23)13(19)15(22)27-8-18/h2-5,10,13,15H,6-9,19H2,1H3/t13?,15-,18?/m1/s1. The molecular weight excluding hydrogens is 432 g/mol. The van der Waals surface area contributed by atoms with Gasteiger partial charge in [-0.15, -0.1) is 22.0 Å². The Hall–Kier alpha value is -1.82. The Morgan fingerprint density at radius 2 is 2.21 bits per heavy atom. The Bertz CT molecular complexity index is 880. The van der Waals surface area contributed by atoms with Crippen LogP contribution in [0.1, 0.15) is 5.56 Å². The maximum atomic E-state index is 13.2. The topological polar surface area (TPSA) is 108 Å². The van der Waals surface area contributed by atoms with Crippen molar-refractivity contribution in [1.82, 2.24) is 15.1 Å². The third kappa shape index (κ3) is 4.09. The molecule has 2 aliphatic rings. The Morgan fingerprint density at radius 3 is 2.90 bits per heavy atom. The van der Waals surface area contributed by atoms with Crippen LogP contribution < -0.4 is 10.5 Å². The smallest absolute Gasteiger partial charge is 0.315 e. The van der Waals surface area contributed by atoms with E-state index in [1.165, 1.54) is 23.1 Å². The highest BCUT2D eigenvalue weighted by Crippen LogP contribution is 2.44. The molecule has 1 aromatic carbocycles. The molecule has 2 saturated heterocycles. The van der Waals surface area contributed by atoms with Crippen molar-refractivity contribution in [2.24, 2.45) is 11.1 Å². The summed E-state index contributed by atoms with van der Waals surface area (Å²) in [4.78, 5) is 27.0. The normalized spacial score (nSPS) is 25.9. The number of rotatable bonds is 7. The Balaban J connectivity index is 1.46. The minimum Gasteiger partial charge on any atom is -0.497 e. The van der Waals surface area contributed by atoms with E-state index >= 15 is 0 Å². The number of esters is 1. The van der Waals surface area contributed by atoms with Crippen LogP contribution in [0.25, 0.3) is 0 Å². The van der Waals surface area contributed by atoms with E-state index in [1.54, 1.807) is 29.3 Å². The van der Waals surface area contributed by atoms with Gasteiger partial charge in [-0.1, -0.05) is 35.2 Å². The molecule has 3 heterocycles. The zero-order chi connectivity index (χ0) is 20.4. The fourth-order valence-electron chi connectivity index (χ4n) is 3.25. The summed E-state index contributed by atoms with van der Waals surface area (Å²) < 4.78 is 11.6. The van der Waals surface area contributed by atoms with Gasteiger partial charge in [-0.3, -0.25) is 9.59 Å². The molecule has 4 rings (SSSR count). The number of benzene rings is 1. The van der Waals surface area contributed by atoms with Gasteiger partial charge in [0.2, 0.25) is 5.91 Å². The van der Waals surface area contributed by atoms with Crippen molar-refractivity contribution in [3.8, 4) is 5.75 Å². The molecule has 2 aliphatic heterocycles. The van der Waals surface area contributed by atoms with E-state index in [1.807, 2.05) is 24.3 Å². The van der Waals surface area contributed by atoms with Gasteiger partial charge < -0.3 is 20.1 Å². The molecular formula is C18H20N4O4S3. The van der Waals surface area contributed by atoms with Gasteiger partial charge in [-0.2, -0.15) is 0 Å². The second-order valence-corrected chi connectivity index (χ2v) is 10.1. The molecule has 0 aliphatic carbocycles. The summed E-state index contributed by atoms with van der Waals surface area (Å²) >= 11 is 4.42. The Labute approximate surface area is 180 Å². The lowest BCUT2D eigenvalue weighted by molar-refractivity contribution is -0.160. The maximum absolute atomic E-state index is 13.2. The van der Waals surface area contributed by atoms with Crippen LogP contribution in [0.4, 0.5) is 0 Å². The van der Waals surface area contributed by atoms with E-state index in [0.717, 1.165) is 15.7 Å². The van der Waals surface area contributed by atoms with Crippen LogP contribution in [0.3, 0.4) is 0 Å². The highest BCUT2D eigenvalue weighted by Gasteiger charge is 2.56. The fourth-order valence-corrected chi connectivity index (χ4v) is 6.53. The van der Waals surface area contributed by atoms with Gasteiger partial charge in [0.1, 0.15) is 34.7 Å². The number of amides is 1. The molecule has 154 valence electrons. The molecule has 29 heavy (non-hydrogen) atoms. The first-order valence-electron chi connectivity index (χ1n) is 8.89. The third-order valence-electron chi connectivity index (χ3n) is 4.96. The number of carbonyl (C=O) groups is 2. The van der Waals surface area contributed by atoms with Gasteiger partial charge in [0.15, 0.2) is 4.34 Å². The number of nitrogens with two attached hydrogens (primary N) is 1. The number of nitrogens with zero attached hydrogens (tertiary/aromatic N) is 3. The van der Waals surface area contributed by atoms with Gasteiger partial charge in [-0.05, 0) is 17.7 Å². The number of ether oxygens (including phenoxy) is 2. The second kappa shape index (κ2) is 8.50. The second-order valence-electron chi connectivity index (χ2n) is 6.89. The summed E-state index contributed by atoms with van der Waals surface area (Å²) in [7, 11) is 1.60. The van der Waals surface area contributed by atoms with E-state index in [0.29, 0.717) is 18.1 Å². The largest absolute Gasteiger partial charge is 0.497 e. The number of fused-ring (bicyclic) bond motifs is 1. The summed E-state index contributed by atoms with van der Waals surface area (Å²) in [6.45, 7) is 0.472. The molecule has 0 spiro atoms. The van der Waals surface area contributed by atoms with Crippen LogP contribution in [0, 0.1) is 5.41 Å². The van der Waals surface area contributed by atoms with E-state index < -0.39 is 11.5 Å². The van der Waals surface area contributed by atoms with Crippen molar-refractivity contribution in [1.29, 1.82) is 0 Å². The van der Waals surface area contributed by atoms with Crippen molar-refractivity contribution in [3.05, 3.63) is 35.3 Å². The van der Waals surface area contributed by atoms with Crippen molar-refractivity contribution in [3.63, 3.8) is 0 Å². The predicted molar refractivity (Wildman–Crippen MR) is 112 cm³/mol. The van der Waals surface area contributed by atoms with Gasteiger partial charge in [-0.25, -0.2) is 0 Å². The molecule has 2 unspecified atom stereocenters. The summed E-state index contributed by atoms with van der Waals surface area (Å²) in [5, 5.41) is 7.82. The quantitative estimate of drug-likeness (QED) is 0.381. The molecule has 0 bridgehead atoms. The van der Waals surface area contributed by atoms with Crippen LogP contribution >= 0.6 is 34.9 Å². The zero-order valence-corrected chi connectivity index (χ0v) is 18.1. The zero-order valence-electron chi connectivity index (χ0n) is 15.6. The number of hydrogen-bond donors (Lipinski definition) is 1. The van der Waals surface area contributed by atoms with Crippen molar-refractivity contribution in [2.45, 2.75) is 22.4 Å². The predicted octanol–water partition coefficient (Wildman–Crippen LogP) is 1.61. The van der Waals surface area contributed by atoms with E-state index in [4.69, 9.17) is 15.2 Å². The maximum Gasteiger partial charge on any atom is 0.315 e. The number of thioether (sulfide) groups is 2. The summed E-state index contributed by atoms with van der Waals surface area (Å²) in [6, 6.07) is 6.89. The number of aromatic nitrogens is 2. The van der Waals surface area contributed by atoms with Crippen LogP contribution in [0.5, 0.6) is 5.75 Å². The minimum atomic E-state index is -0.820. The number of hydrogen-bond acceptors (Lipinski definition) is 10. The van der Waals surface area contributed by atoms with Gasteiger partial charge >= 0.3 is 5.97 Å². The van der Waals surface area contributed by atoms with Gasteiger partial charge in [0, 0.05) is 18.1 Å².